The molecule has 1 unspecified atom stereocenters. The fourth-order valence-corrected chi connectivity index (χ4v) is 2.34. The molecule has 2 rings (SSSR count). The van der Waals surface area contributed by atoms with E-state index in [0.29, 0.717) is 11.3 Å². The zero-order chi connectivity index (χ0) is 14.9. The van der Waals surface area contributed by atoms with E-state index in [0.717, 1.165) is 18.4 Å². The van der Waals surface area contributed by atoms with Gasteiger partial charge in [-0.25, -0.2) is 4.79 Å². The summed E-state index contributed by atoms with van der Waals surface area (Å²) in [5.41, 5.74) is 0.779. The number of aromatic carboxylic acids is 1. The lowest BCUT2D eigenvalue weighted by Crippen LogP contribution is -2.17. The van der Waals surface area contributed by atoms with Crippen molar-refractivity contribution in [1.82, 2.24) is 0 Å². The highest BCUT2D eigenvalue weighted by Crippen LogP contribution is 2.35. The van der Waals surface area contributed by atoms with Crippen molar-refractivity contribution < 1.29 is 14.8 Å². The average molecular weight is 278 g/mol. The Morgan fingerprint density at radius 2 is 2.20 bits per heavy atom. The van der Waals surface area contributed by atoms with Crippen LogP contribution in [0.4, 0.5) is 11.4 Å². The molecule has 1 fully saturated rings. The number of anilines is 1. The predicted molar refractivity (Wildman–Crippen MR) is 75.2 cm³/mol. The van der Waals surface area contributed by atoms with Gasteiger partial charge in [-0.1, -0.05) is 12.8 Å². The first kappa shape index (κ1) is 14.3. The minimum atomic E-state index is -1.16. The first-order valence-corrected chi connectivity index (χ1v) is 6.67. The van der Waals surface area contributed by atoms with Gasteiger partial charge in [-0.15, -0.1) is 0 Å². The van der Waals surface area contributed by atoms with E-state index in [9.17, 15) is 14.9 Å². The van der Waals surface area contributed by atoms with Crippen LogP contribution in [0.1, 0.15) is 42.1 Å². The third-order valence-corrected chi connectivity index (χ3v) is 3.61. The summed E-state index contributed by atoms with van der Waals surface area (Å²) in [4.78, 5) is 21.5. The Morgan fingerprint density at radius 3 is 2.70 bits per heavy atom. The van der Waals surface area contributed by atoms with Gasteiger partial charge in [0.05, 0.1) is 10.5 Å². The Bertz CT molecular complexity index is 552. The molecule has 6 heteroatoms. The molecule has 6 nitrogen and oxygen atoms in total. The van der Waals surface area contributed by atoms with Crippen molar-refractivity contribution in [3.8, 4) is 0 Å². The molecule has 0 spiro atoms. The third kappa shape index (κ3) is 3.26. The number of nitrogens with zero attached hydrogens (tertiary/aromatic N) is 1. The highest BCUT2D eigenvalue weighted by atomic mass is 16.6. The van der Waals surface area contributed by atoms with Gasteiger partial charge in [-0.05, 0) is 32.3 Å². The summed E-state index contributed by atoms with van der Waals surface area (Å²) in [6.07, 6.45) is 3.48. The Morgan fingerprint density at radius 1 is 1.55 bits per heavy atom. The van der Waals surface area contributed by atoms with E-state index in [4.69, 9.17) is 5.11 Å². The fraction of sp³-hybridized carbons (Fsp3) is 0.500. The number of carbonyl (C=O) groups is 1. The van der Waals surface area contributed by atoms with Gasteiger partial charge in [0, 0.05) is 23.4 Å². The average Bonchev–Trinajstić information content (AvgIpc) is 3.14. The lowest BCUT2D eigenvalue weighted by molar-refractivity contribution is -0.385. The van der Waals surface area contributed by atoms with Crippen molar-refractivity contribution >= 4 is 17.3 Å². The second kappa shape index (κ2) is 5.48. The largest absolute Gasteiger partial charge is 0.478 e. The van der Waals surface area contributed by atoms with E-state index in [1.54, 1.807) is 6.92 Å². The van der Waals surface area contributed by atoms with Crippen molar-refractivity contribution in [1.29, 1.82) is 0 Å². The highest BCUT2D eigenvalue weighted by molar-refractivity contribution is 5.90. The van der Waals surface area contributed by atoms with Crippen LogP contribution in [0.5, 0.6) is 0 Å². The summed E-state index contributed by atoms with van der Waals surface area (Å²) in [5.74, 6) is -0.429. The Kier molecular flexibility index (Phi) is 3.92. The van der Waals surface area contributed by atoms with Crippen LogP contribution in [0.25, 0.3) is 0 Å². The fourth-order valence-electron chi connectivity index (χ4n) is 2.34. The van der Waals surface area contributed by atoms with Crippen LogP contribution in [0.15, 0.2) is 12.1 Å². The van der Waals surface area contributed by atoms with Gasteiger partial charge >= 0.3 is 5.97 Å². The molecule has 0 heterocycles. The van der Waals surface area contributed by atoms with E-state index in [-0.39, 0.29) is 17.3 Å². The number of carboxylic acid groups (broad SMARTS) is 1. The van der Waals surface area contributed by atoms with E-state index >= 15 is 0 Å². The molecule has 0 saturated heterocycles. The van der Waals surface area contributed by atoms with Crippen LogP contribution in [-0.2, 0) is 0 Å². The molecule has 0 aromatic heterocycles. The monoisotopic (exact) mass is 278 g/mol. The van der Waals surface area contributed by atoms with Crippen LogP contribution in [0.3, 0.4) is 0 Å². The number of hydrogen-bond acceptors (Lipinski definition) is 4. The molecule has 0 radical (unpaired) electrons. The summed E-state index contributed by atoms with van der Waals surface area (Å²) >= 11 is 0. The van der Waals surface area contributed by atoms with Gasteiger partial charge in [0.15, 0.2) is 0 Å². The molecule has 0 aliphatic heterocycles. The molecule has 0 bridgehead atoms. The van der Waals surface area contributed by atoms with E-state index in [1.807, 2.05) is 6.92 Å². The van der Waals surface area contributed by atoms with Crippen LogP contribution >= 0.6 is 0 Å². The van der Waals surface area contributed by atoms with Crippen LogP contribution in [-0.4, -0.2) is 22.0 Å². The standard InChI is InChI=1S/C14H18N2O4/c1-8(5-10-3-4-10)15-12-6-11(14(17)18)7-13(9(12)2)16(19)20/h6-8,10,15H,3-5H2,1-2H3,(H,17,18). The summed E-state index contributed by atoms with van der Waals surface area (Å²) < 4.78 is 0. The second-order valence-electron chi connectivity index (χ2n) is 5.45. The van der Waals surface area contributed by atoms with Gasteiger partial charge in [0.1, 0.15) is 0 Å². The third-order valence-electron chi connectivity index (χ3n) is 3.61. The Hall–Kier alpha value is -2.11. The molecule has 20 heavy (non-hydrogen) atoms. The topological polar surface area (TPSA) is 92.5 Å². The molecular weight excluding hydrogens is 260 g/mol. The van der Waals surface area contributed by atoms with Crippen LogP contribution < -0.4 is 5.32 Å². The van der Waals surface area contributed by atoms with Crippen molar-refractivity contribution in [2.45, 2.75) is 39.2 Å². The Balaban J connectivity index is 2.29. The maximum absolute atomic E-state index is 11.1. The minimum Gasteiger partial charge on any atom is -0.478 e. The van der Waals surface area contributed by atoms with Gasteiger partial charge in [-0.2, -0.15) is 0 Å². The van der Waals surface area contributed by atoms with Crippen molar-refractivity contribution in [3.63, 3.8) is 0 Å². The SMILES string of the molecule is Cc1c(NC(C)CC2CC2)cc(C(=O)O)cc1[N+](=O)[O-]. The molecule has 108 valence electrons. The second-order valence-corrected chi connectivity index (χ2v) is 5.45. The number of nitrogens with one attached hydrogen (secondary N) is 1. The molecule has 1 aliphatic rings. The van der Waals surface area contributed by atoms with E-state index < -0.39 is 10.9 Å². The predicted octanol–water partition coefficient (Wildman–Crippen LogP) is 3.20. The molecule has 1 aromatic carbocycles. The number of rotatable bonds is 6. The quantitative estimate of drug-likeness (QED) is 0.615. The van der Waals surface area contributed by atoms with Gasteiger partial charge in [0.25, 0.3) is 5.69 Å². The van der Waals surface area contributed by atoms with Crippen LogP contribution in [0.2, 0.25) is 0 Å². The molecule has 1 atom stereocenters. The van der Waals surface area contributed by atoms with E-state index in [2.05, 4.69) is 5.32 Å². The maximum atomic E-state index is 11.1. The lowest BCUT2D eigenvalue weighted by Gasteiger charge is -2.17. The number of nitro benzene ring substituents is 1. The van der Waals surface area contributed by atoms with E-state index in [1.165, 1.54) is 18.9 Å². The van der Waals surface area contributed by atoms with Crippen molar-refractivity contribution in [3.05, 3.63) is 33.4 Å². The van der Waals surface area contributed by atoms with Crippen molar-refractivity contribution in [2.75, 3.05) is 5.32 Å². The zero-order valence-electron chi connectivity index (χ0n) is 11.5. The zero-order valence-corrected chi connectivity index (χ0v) is 11.5. The number of carboxylic acids is 1. The number of benzene rings is 1. The molecule has 1 aromatic rings. The first-order chi connectivity index (χ1) is 9.38. The number of hydrogen-bond donors (Lipinski definition) is 2. The maximum Gasteiger partial charge on any atom is 0.336 e. The molecule has 2 N–H and O–H groups in total. The van der Waals surface area contributed by atoms with Crippen molar-refractivity contribution in [2.24, 2.45) is 5.92 Å². The minimum absolute atomic E-state index is 0.0663. The lowest BCUT2D eigenvalue weighted by atomic mass is 10.1. The Labute approximate surface area is 117 Å². The number of nitro groups is 1. The van der Waals surface area contributed by atoms with Gasteiger partial charge in [0.2, 0.25) is 0 Å². The molecular formula is C14H18N2O4. The summed E-state index contributed by atoms with van der Waals surface area (Å²) in [7, 11) is 0. The first-order valence-electron chi connectivity index (χ1n) is 6.67. The van der Waals surface area contributed by atoms with Gasteiger partial charge in [-0.3, -0.25) is 10.1 Å². The highest BCUT2D eigenvalue weighted by Gasteiger charge is 2.25. The summed E-state index contributed by atoms with van der Waals surface area (Å²) in [6, 6.07) is 2.74. The molecule has 1 saturated carbocycles. The van der Waals surface area contributed by atoms with Gasteiger partial charge < -0.3 is 10.4 Å². The molecule has 1 aliphatic carbocycles. The summed E-state index contributed by atoms with van der Waals surface area (Å²) in [5, 5.41) is 23.3. The summed E-state index contributed by atoms with van der Waals surface area (Å²) in [6.45, 7) is 3.65. The smallest absolute Gasteiger partial charge is 0.336 e. The normalized spacial score (nSPS) is 15.7. The van der Waals surface area contributed by atoms with Crippen LogP contribution in [0, 0.1) is 23.0 Å². The molecule has 0 amide bonds.